The summed E-state index contributed by atoms with van der Waals surface area (Å²) in [6, 6.07) is 3.69. The van der Waals surface area contributed by atoms with E-state index in [-0.39, 0.29) is 18.7 Å². The molecule has 0 saturated carbocycles. The Labute approximate surface area is 137 Å². The Kier molecular flexibility index (Phi) is 7.51. The van der Waals surface area contributed by atoms with Gasteiger partial charge in [-0.3, -0.25) is 9.59 Å². The Morgan fingerprint density at radius 1 is 1.13 bits per heavy atom. The molecule has 6 heteroatoms. The van der Waals surface area contributed by atoms with Gasteiger partial charge in [-0.2, -0.15) is 0 Å². The summed E-state index contributed by atoms with van der Waals surface area (Å²) < 4.78 is 0. The summed E-state index contributed by atoms with van der Waals surface area (Å²) in [7, 11) is 0. The lowest BCUT2D eigenvalue weighted by Crippen LogP contribution is -2.31. The van der Waals surface area contributed by atoms with Crippen molar-refractivity contribution in [3.8, 4) is 0 Å². The molecule has 1 heterocycles. The number of anilines is 2. The standard InChI is InChI=1S/C17H27N3O3/c1-12(2)10-20(11-13(3)4)14-5-6-15(18-9-14)19-16(21)7-8-17(22)23/h5-6,9,12-13H,7-8,10-11H2,1-4H3,(H,22,23)(H,18,19,21). The van der Waals surface area contributed by atoms with Crippen LogP contribution in [-0.2, 0) is 9.59 Å². The van der Waals surface area contributed by atoms with E-state index in [0.717, 1.165) is 18.8 Å². The lowest BCUT2D eigenvalue weighted by atomic mass is 10.1. The van der Waals surface area contributed by atoms with Gasteiger partial charge in [-0.15, -0.1) is 0 Å². The molecule has 2 N–H and O–H groups in total. The summed E-state index contributed by atoms with van der Waals surface area (Å²) >= 11 is 0. The zero-order valence-electron chi connectivity index (χ0n) is 14.4. The van der Waals surface area contributed by atoms with Gasteiger partial charge >= 0.3 is 5.97 Å². The zero-order valence-corrected chi connectivity index (χ0v) is 14.4. The minimum Gasteiger partial charge on any atom is -0.481 e. The van der Waals surface area contributed by atoms with E-state index in [0.29, 0.717) is 17.7 Å². The topological polar surface area (TPSA) is 82.5 Å². The number of carbonyl (C=O) groups is 2. The van der Waals surface area contributed by atoms with Crippen molar-refractivity contribution in [3.63, 3.8) is 0 Å². The fourth-order valence-electron chi connectivity index (χ4n) is 2.24. The number of nitrogens with zero attached hydrogens (tertiary/aromatic N) is 2. The molecule has 0 spiro atoms. The first-order chi connectivity index (χ1) is 10.8. The SMILES string of the molecule is CC(C)CN(CC(C)C)c1ccc(NC(=O)CCC(=O)O)nc1. The van der Waals surface area contributed by atoms with E-state index in [1.54, 1.807) is 12.3 Å². The van der Waals surface area contributed by atoms with E-state index in [4.69, 9.17) is 5.11 Å². The Morgan fingerprint density at radius 3 is 2.17 bits per heavy atom. The van der Waals surface area contributed by atoms with Crippen molar-refractivity contribution in [2.45, 2.75) is 40.5 Å². The third kappa shape index (κ3) is 7.63. The number of amides is 1. The lowest BCUT2D eigenvalue weighted by molar-refractivity contribution is -0.138. The fourth-order valence-corrected chi connectivity index (χ4v) is 2.24. The number of carbonyl (C=O) groups excluding carboxylic acids is 1. The van der Waals surface area contributed by atoms with Gasteiger partial charge in [0, 0.05) is 19.5 Å². The summed E-state index contributed by atoms with van der Waals surface area (Å²) in [6.45, 7) is 10.6. The van der Waals surface area contributed by atoms with Gasteiger partial charge in [-0.25, -0.2) is 4.98 Å². The van der Waals surface area contributed by atoms with Crippen LogP contribution < -0.4 is 10.2 Å². The molecule has 1 rings (SSSR count). The maximum absolute atomic E-state index is 11.6. The summed E-state index contributed by atoms with van der Waals surface area (Å²) in [4.78, 5) is 28.6. The third-order valence-electron chi connectivity index (χ3n) is 3.12. The molecule has 1 aromatic heterocycles. The van der Waals surface area contributed by atoms with Gasteiger partial charge in [0.2, 0.25) is 5.91 Å². The molecule has 1 aromatic rings. The molecule has 0 aliphatic heterocycles. The smallest absolute Gasteiger partial charge is 0.303 e. The maximum Gasteiger partial charge on any atom is 0.303 e. The van der Waals surface area contributed by atoms with Crippen molar-refractivity contribution in [2.75, 3.05) is 23.3 Å². The van der Waals surface area contributed by atoms with Crippen LogP contribution in [0.1, 0.15) is 40.5 Å². The Morgan fingerprint density at radius 2 is 1.74 bits per heavy atom. The van der Waals surface area contributed by atoms with E-state index < -0.39 is 5.97 Å². The molecule has 0 aliphatic carbocycles. The van der Waals surface area contributed by atoms with Crippen molar-refractivity contribution in [3.05, 3.63) is 18.3 Å². The summed E-state index contributed by atoms with van der Waals surface area (Å²) in [5, 5.41) is 11.2. The number of hydrogen-bond donors (Lipinski definition) is 2. The van der Waals surface area contributed by atoms with Gasteiger partial charge in [-0.1, -0.05) is 27.7 Å². The molecule has 128 valence electrons. The largest absolute Gasteiger partial charge is 0.481 e. The molecule has 0 atom stereocenters. The lowest BCUT2D eigenvalue weighted by Gasteiger charge is -2.28. The minimum atomic E-state index is -0.985. The predicted molar refractivity (Wildman–Crippen MR) is 91.6 cm³/mol. The van der Waals surface area contributed by atoms with Gasteiger partial charge in [0.25, 0.3) is 0 Å². The highest BCUT2D eigenvalue weighted by molar-refractivity contribution is 5.91. The van der Waals surface area contributed by atoms with Gasteiger partial charge in [0.05, 0.1) is 18.3 Å². The van der Waals surface area contributed by atoms with Crippen LogP contribution >= 0.6 is 0 Å². The van der Waals surface area contributed by atoms with E-state index in [2.05, 4.69) is 42.9 Å². The number of nitrogens with one attached hydrogen (secondary N) is 1. The molecule has 0 fully saturated rings. The fraction of sp³-hybridized carbons (Fsp3) is 0.588. The van der Waals surface area contributed by atoms with Gasteiger partial charge < -0.3 is 15.3 Å². The van der Waals surface area contributed by atoms with E-state index in [1.165, 1.54) is 0 Å². The van der Waals surface area contributed by atoms with Crippen LogP contribution in [0.5, 0.6) is 0 Å². The molecule has 0 bridgehead atoms. The monoisotopic (exact) mass is 321 g/mol. The summed E-state index contributed by atoms with van der Waals surface area (Å²) in [5.74, 6) is 0.210. The third-order valence-corrected chi connectivity index (χ3v) is 3.12. The molecule has 0 unspecified atom stereocenters. The number of aromatic nitrogens is 1. The predicted octanol–water partition coefficient (Wildman–Crippen LogP) is 3.00. The van der Waals surface area contributed by atoms with Crippen molar-refractivity contribution in [1.29, 1.82) is 0 Å². The summed E-state index contributed by atoms with van der Waals surface area (Å²) in [5.41, 5.74) is 1.02. The minimum absolute atomic E-state index is 0.0500. The van der Waals surface area contributed by atoms with Gasteiger partial charge in [0.1, 0.15) is 5.82 Å². The molecule has 0 saturated heterocycles. The van der Waals surface area contributed by atoms with Crippen LogP contribution in [0.2, 0.25) is 0 Å². The van der Waals surface area contributed by atoms with Crippen LogP contribution in [0, 0.1) is 11.8 Å². The van der Waals surface area contributed by atoms with Crippen LogP contribution in [0.3, 0.4) is 0 Å². The van der Waals surface area contributed by atoms with E-state index >= 15 is 0 Å². The Bertz CT molecular complexity index is 502. The van der Waals surface area contributed by atoms with Crippen LogP contribution in [0.15, 0.2) is 18.3 Å². The summed E-state index contributed by atoms with van der Waals surface area (Å²) in [6.07, 6.45) is 1.52. The van der Waals surface area contributed by atoms with E-state index in [9.17, 15) is 9.59 Å². The Hall–Kier alpha value is -2.11. The van der Waals surface area contributed by atoms with Gasteiger partial charge in [-0.05, 0) is 24.0 Å². The number of aliphatic carboxylic acids is 1. The number of hydrogen-bond acceptors (Lipinski definition) is 4. The van der Waals surface area contributed by atoms with Crippen LogP contribution in [0.25, 0.3) is 0 Å². The maximum atomic E-state index is 11.6. The molecule has 6 nitrogen and oxygen atoms in total. The average molecular weight is 321 g/mol. The second-order valence-corrected chi connectivity index (χ2v) is 6.54. The molecule has 0 aliphatic rings. The van der Waals surface area contributed by atoms with Crippen molar-refractivity contribution < 1.29 is 14.7 Å². The first kappa shape index (κ1) is 18.9. The molecular weight excluding hydrogens is 294 g/mol. The Balaban J connectivity index is 2.69. The number of rotatable bonds is 9. The molecule has 1 amide bonds. The van der Waals surface area contributed by atoms with Crippen LogP contribution in [-0.4, -0.2) is 35.1 Å². The number of carboxylic acids is 1. The second-order valence-electron chi connectivity index (χ2n) is 6.54. The highest BCUT2D eigenvalue weighted by Crippen LogP contribution is 2.18. The normalized spacial score (nSPS) is 10.9. The molecule has 23 heavy (non-hydrogen) atoms. The van der Waals surface area contributed by atoms with Crippen molar-refractivity contribution in [1.82, 2.24) is 4.98 Å². The number of pyridine rings is 1. The number of carboxylic acid groups (broad SMARTS) is 1. The van der Waals surface area contributed by atoms with Crippen LogP contribution in [0.4, 0.5) is 11.5 Å². The zero-order chi connectivity index (χ0) is 17.4. The molecule has 0 radical (unpaired) electrons. The first-order valence-electron chi connectivity index (χ1n) is 8.00. The highest BCUT2D eigenvalue weighted by Gasteiger charge is 2.12. The second kappa shape index (κ2) is 9.12. The molecule has 0 aromatic carbocycles. The van der Waals surface area contributed by atoms with Crippen molar-refractivity contribution >= 4 is 23.4 Å². The highest BCUT2D eigenvalue weighted by atomic mass is 16.4. The quantitative estimate of drug-likeness (QED) is 0.730. The molecular formula is C17H27N3O3. The average Bonchev–Trinajstić information content (AvgIpc) is 2.44. The van der Waals surface area contributed by atoms with E-state index in [1.807, 2.05) is 6.07 Å². The first-order valence-corrected chi connectivity index (χ1v) is 8.00. The van der Waals surface area contributed by atoms with Gasteiger partial charge in [0.15, 0.2) is 0 Å². The van der Waals surface area contributed by atoms with Crippen molar-refractivity contribution in [2.24, 2.45) is 11.8 Å².